The second-order valence-corrected chi connectivity index (χ2v) is 5.48. The number of hydrogen-bond acceptors (Lipinski definition) is 1. The summed E-state index contributed by atoms with van der Waals surface area (Å²) in [5.74, 6) is -0.178. The van der Waals surface area contributed by atoms with Gasteiger partial charge in [0, 0.05) is 12.1 Å². The zero-order chi connectivity index (χ0) is 14.5. The van der Waals surface area contributed by atoms with Crippen LogP contribution in [0.1, 0.15) is 36.6 Å². The molecule has 0 aliphatic rings. The van der Waals surface area contributed by atoms with Crippen molar-refractivity contribution in [1.29, 1.82) is 0 Å². The Hall–Kier alpha value is -1.67. The van der Waals surface area contributed by atoms with Gasteiger partial charge in [-0.25, -0.2) is 4.39 Å². The highest BCUT2D eigenvalue weighted by molar-refractivity contribution is 5.28. The first-order chi connectivity index (χ1) is 9.56. The van der Waals surface area contributed by atoms with Crippen LogP contribution in [0.25, 0.3) is 0 Å². The molecule has 0 saturated carbocycles. The van der Waals surface area contributed by atoms with E-state index in [-0.39, 0.29) is 5.82 Å². The van der Waals surface area contributed by atoms with Crippen LogP contribution in [0.15, 0.2) is 48.5 Å². The van der Waals surface area contributed by atoms with E-state index in [1.807, 2.05) is 12.1 Å². The van der Waals surface area contributed by atoms with E-state index in [0.717, 1.165) is 12.0 Å². The lowest BCUT2D eigenvalue weighted by Crippen LogP contribution is -2.31. The Labute approximate surface area is 120 Å². The lowest BCUT2D eigenvalue weighted by molar-refractivity contribution is 0.475. The van der Waals surface area contributed by atoms with Crippen LogP contribution in [0.4, 0.5) is 4.39 Å². The summed E-state index contributed by atoms with van der Waals surface area (Å²) in [6.45, 7) is 6.49. The Morgan fingerprint density at radius 3 is 2.30 bits per heavy atom. The van der Waals surface area contributed by atoms with Gasteiger partial charge in [0.25, 0.3) is 0 Å². The summed E-state index contributed by atoms with van der Waals surface area (Å²) in [6.07, 6.45) is 0.899. The molecule has 0 fully saturated rings. The monoisotopic (exact) mass is 271 g/mol. The first-order valence-corrected chi connectivity index (χ1v) is 7.12. The van der Waals surface area contributed by atoms with Crippen LogP contribution < -0.4 is 5.32 Å². The lowest BCUT2D eigenvalue weighted by Gasteiger charge is -2.22. The number of rotatable bonds is 5. The molecule has 0 aliphatic carbocycles. The Morgan fingerprint density at radius 2 is 1.65 bits per heavy atom. The highest BCUT2D eigenvalue weighted by atomic mass is 19.1. The normalized spacial score (nSPS) is 14.0. The van der Waals surface area contributed by atoms with Gasteiger partial charge in [-0.2, -0.15) is 0 Å². The minimum absolute atomic E-state index is 0.178. The molecule has 0 aliphatic heterocycles. The van der Waals surface area contributed by atoms with Gasteiger partial charge in [-0.05, 0) is 56.0 Å². The number of halogens is 1. The number of nitrogens with one attached hydrogen (secondary N) is 1. The van der Waals surface area contributed by atoms with Crippen LogP contribution in [0.3, 0.4) is 0 Å². The molecule has 0 bridgehead atoms. The minimum Gasteiger partial charge on any atom is -0.307 e. The molecule has 1 unspecified atom stereocenters. The molecule has 106 valence electrons. The molecule has 2 rings (SSSR count). The van der Waals surface area contributed by atoms with Gasteiger partial charge in [0.2, 0.25) is 0 Å². The van der Waals surface area contributed by atoms with E-state index >= 15 is 0 Å². The van der Waals surface area contributed by atoms with Crippen LogP contribution in [0.2, 0.25) is 0 Å². The number of benzene rings is 2. The quantitative estimate of drug-likeness (QED) is 0.849. The molecule has 0 aromatic heterocycles. The Bertz CT molecular complexity index is 548. The maximum Gasteiger partial charge on any atom is 0.123 e. The van der Waals surface area contributed by atoms with E-state index in [1.165, 1.54) is 23.3 Å². The first-order valence-electron chi connectivity index (χ1n) is 7.12. The zero-order valence-electron chi connectivity index (χ0n) is 12.4. The highest BCUT2D eigenvalue weighted by Crippen LogP contribution is 2.18. The summed E-state index contributed by atoms with van der Waals surface area (Å²) in [5.41, 5.74) is 3.79. The van der Waals surface area contributed by atoms with E-state index in [1.54, 1.807) is 0 Å². The van der Waals surface area contributed by atoms with Gasteiger partial charge in [0.15, 0.2) is 0 Å². The molecule has 1 N–H and O–H groups in total. The van der Waals surface area contributed by atoms with Gasteiger partial charge in [-0.3, -0.25) is 0 Å². The highest BCUT2D eigenvalue weighted by Gasteiger charge is 2.11. The van der Waals surface area contributed by atoms with Crippen molar-refractivity contribution in [2.45, 2.75) is 39.3 Å². The van der Waals surface area contributed by atoms with Crippen LogP contribution >= 0.6 is 0 Å². The third-order valence-electron chi connectivity index (χ3n) is 3.64. The van der Waals surface area contributed by atoms with Gasteiger partial charge in [0.1, 0.15) is 5.82 Å². The molecule has 2 aromatic rings. The fourth-order valence-corrected chi connectivity index (χ4v) is 2.62. The number of aryl methyl sites for hydroxylation is 1. The van der Waals surface area contributed by atoms with Crippen molar-refractivity contribution < 1.29 is 4.39 Å². The van der Waals surface area contributed by atoms with Gasteiger partial charge < -0.3 is 5.32 Å². The summed E-state index contributed by atoms with van der Waals surface area (Å²) in [7, 11) is 0. The largest absolute Gasteiger partial charge is 0.307 e. The third-order valence-corrected chi connectivity index (χ3v) is 3.64. The molecule has 1 nitrogen and oxygen atoms in total. The first kappa shape index (κ1) is 14.7. The summed E-state index contributed by atoms with van der Waals surface area (Å²) < 4.78 is 12.9. The van der Waals surface area contributed by atoms with Gasteiger partial charge in [-0.1, -0.05) is 36.4 Å². The average molecular weight is 271 g/mol. The van der Waals surface area contributed by atoms with Crippen molar-refractivity contribution in [3.8, 4) is 0 Å². The molecule has 2 atom stereocenters. The molecule has 0 amide bonds. The third kappa shape index (κ3) is 3.91. The van der Waals surface area contributed by atoms with Crippen molar-refractivity contribution in [1.82, 2.24) is 5.32 Å². The molecular weight excluding hydrogens is 249 g/mol. The van der Waals surface area contributed by atoms with E-state index in [4.69, 9.17) is 0 Å². The fraction of sp³-hybridized carbons (Fsp3) is 0.333. The molecule has 0 saturated heterocycles. The predicted molar refractivity (Wildman–Crippen MR) is 82.3 cm³/mol. The van der Waals surface area contributed by atoms with Crippen molar-refractivity contribution in [3.63, 3.8) is 0 Å². The summed E-state index contributed by atoms with van der Waals surface area (Å²) in [6, 6.07) is 15.8. The van der Waals surface area contributed by atoms with Crippen molar-refractivity contribution >= 4 is 0 Å². The van der Waals surface area contributed by atoms with E-state index in [2.05, 4.69) is 50.4 Å². The average Bonchev–Trinajstić information content (AvgIpc) is 2.41. The van der Waals surface area contributed by atoms with E-state index < -0.39 is 0 Å². The van der Waals surface area contributed by atoms with E-state index in [9.17, 15) is 4.39 Å². The molecule has 0 heterocycles. The SMILES string of the molecule is Cc1ccccc1[C@H](C)NC(C)Cc1ccc(F)cc1. The maximum absolute atomic E-state index is 12.9. The number of hydrogen-bond donors (Lipinski definition) is 1. The van der Waals surface area contributed by atoms with Crippen LogP contribution in [0.5, 0.6) is 0 Å². The van der Waals surface area contributed by atoms with Gasteiger partial charge in [0.05, 0.1) is 0 Å². The maximum atomic E-state index is 12.9. The van der Waals surface area contributed by atoms with Crippen molar-refractivity contribution in [2.75, 3.05) is 0 Å². The molecule has 0 radical (unpaired) electrons. The summed E-state index contributed by atoms with van der Waals surface area (Å²) in [4.78, 5) is 0. The minimum atomic E-state index is -0.178. The van der Waals surface area contributed by atoms with Crippen molar-refractivity contribution in [2.24, 2.45) is 0 Å². The van der Waals surface area contributed by atoms with Crippen molar-refractivity contribution in [3.05, 3.63) is 71.0 Å². The van der Waals surface area contributed by atoms with Crippen LogP contribution in [-0.4, -0.2) is 6.04 Å². The molecule has 20 heavy (non-hydrogen) atoms. The zero-order valence-corrected chi connectivity index (χ0v) is 12.4. The Kier molecular flexibility index (Phi) is 4.91. The molecule has 2 aromatic carbocycles. The van der Waals surface area contributed by atoms with Gasteiger partial charge >= 0.3 is 0 Å². The Balaban J connectivity index is 1.96. The van der Waals surface area contributed by atoms with Gasteiger partial charge in [-0.15, -0.1) is 0 Å². The standard InChI is InChI=1S/C18H22FN/c1-13-6-4-5-7-18(13)15(3)20-14(2)12-16-8-10-17(19)11-9-16/h4-11,14-15,20H,12H2,1-3H3/t14?,15-/m0/s1. The molecule has 2 heteroatoms. The molecular formula is C18H22FN. The topological polar surface area (TPSA) is 12.0 Å². The second-order valence-electron chi connectivity index (χ2n) is 5.48. The summed E-state index contributed by atoms with van der Waals surface area (Å²) >= 11 is 0. The van der Waals surface area contributed by atoms with E-state index in [0.29, 0.717) is 12.1 Å². The smallest absolute Gasteiger partial charge is 0.123 e. The second kappa shape index (κ2) is 6.67. The van der Waals surface area contributed by atoms with Crippen LogP contribution in [0, 0.1) is 12.7 Å². The molecule has 0 spiro atoms. The van der Waals surface area contributed by atoms with Crippen LogP contribution in [-0.2, 0) is 6.42 Å². The lowest BCUT2D eigenvalue weighted by atomic mass is 10.0. The summed E-state index contributed by atoms with van der Waals surface area (Å²) in [5, 5.41) is 3.61. The fourth-order valence-electron chi connectivity index (χ4n) is 2.62. The Morgan fingerprint density at radius 1 is 1.00 bits per heavy atom. The predicted octanol–water partition coefficient (Wildman–Crippen LogP) is 4.42.